The molecule has 0 fully saturated rings. The topological polar surface area (TPSA) is 49.3 Å². The number of aromatic hydroxyl groups is 1. The van der Waals surface area contributed by atoms with E-state index >= 15 is 0 Å². The van der Waals surface area contributed by atoms with Gasteiger partial charge in [0.2, 0.25) is 5.91 Å². The van der Waals surface area contributed by atoms with Gasteiger partial charge in [-0.2, -0.15) is 0 Å². The van der Waals surface area contributed by atoms with E-state index < -0.39 is 0 Å². The number of amides is 1. The Balaban J connectivity index is 2.77. The third-order valence-electron chi connectivity index (χ3n) is 2.28. The van der Waals surface area contributed by atoms with Crippen molar-refractivity contribution in [2.24, 2.45) is 0 Å². The van der Waals surface area contributed by atoms with Crippen molar-refractivity contribution in [3.8, 4) is 5.75 Å². The highest BCUT2D eigenvalue weighted by molar-refractivity contribution is 6.29. The first-order valence-corrected chi connectivity index (χ1v) is 5.88. The Morgan fingerprint density at radius 3 is 2.88 bits per heavy atom. The van der Waals surface area contributed by atoms with Crippen molar-refractivity contribution in [3.05, 3.63) is 23.8 Å². The highest BCUT2D eigenvalue weighted by Crippen LogP contribution is 2.24. The average molecular weight is 242 g/mol. The summed E-state index contributed by atoms with van der Waals surface area (Å²) in [6, 6.07) is 5.24. The number of aryl methyl sites for hydroxylation is 1. The number of hydrogen-bond donors (Lipinski definition) is 2. The van der Waals surface area contributed by atoms with Gasteiger partial charge >= 0.3 is 0 Å². The lowest BCUT2D eigenvalue weighted by molar-refractivity contribution is -0.113. The Hall–Kier alpha value is -1.22. The van der Waals surface area contributed by atoms with Gasteiger partial charge in [-0.3, -0.25) is 4.79 Å². The SMILES string of the molecule is CCCCc1ccc(O)c(NC(=O)CCl)c1. The Kier molecular flexibility index (Phi) is 5.12. The molecular formula is C12H16ClNO2. The molecule has 88 valence electrons. The van der Waals surface area contributed by atoms with E-state index in [1.807, 2.05) is 6.07 Å². The van der Waals surface area contributed by atoms with Crippen molar-refractivity contribution in [3.63, 3.8) is 0 Å². The molecule has 1 amide bonds. The number of phenolic OH excluding ortho intramolecular Hbond substituents is 1. The van der Waals surface area contributed by atoms with Crippen LogP contribution in [0.1, 0.15) is 25.3 Å². The van der Waals surface area contributed by atoms with E-state index in [-0.39, 0.29) is 17.5 Å². The van der Waals surface area contributed by atoms with Crippen molar-refractivity contribution < 1.29 is 9.90 Å². The van der Waals surface area contributed by atoms with Crippen LogP contribution in [0, 0.1) is 0 Å². The van der Waals surface area contributed by atoms with E-state index in [0.29, 0.717) is 5.69 Å². The number of nitrogens with one attached hydrogen (secondary N) is 1. The first kappa shape index (κ1) is 12.8. The van der Waals surface area contributed by atoms with Crippen LogP contribution in [-0.4, -0.2) is 16.9 Å². The molecule has 1 aromatic rings. The Labute approximate surface area is 100 Å². The number of alkyl halides is 1. The summed E-state index contributed by atoms with van der Waals surface area (Å²) in [5.41, 5.74) is 1.53. The van der Waals surface area contributed by atoms with E-state index in [2.05, 4.69) is 12.2 Å². The predicted octanol–water partition coefficient (Wildman–Crippen LogP) is 2.91. The van der Waals surface area contributed by atoms with Gasteiger partial charge in [0, 0.05) is 0 Å². The van der Waals surface area contributed by atoms with Crippen LogP contribution in [0.25, 0.3) is 0 Å². The van der Waals surface area contributed by atoms with Gasteiger partial charge in [-0.05, 0) is 30.5 Å². The van der Waals surface area contributed by atoms with Gasteiger partial charge in [-0.1, -0.05) is 19.4 Å². The van der Waals surface area contributed by atoms with Gasteiger partial charge in [0.15, 0.2) is 0 Å². The molecule has 0 bridgehead atoms. The van der Waals surface area contributed by atoms with Crippen LogP contribution in [0.4, 0.5) is 5.69 Å². The molecule has 0 atom stereocenters. The lowest BCUT2D eigenvalue weighted by Gasteiger charge is -2.08. The van der Waals surface area contributed by atoms with Gasteiger partial charge in [0.25, 0.3) is 0 Å². The number of halogens is 1. The number of anilines is 1. The minimum absolute atomic E-state index is 0.0683. The third-order valence-corrected chi connectivity index (χ3v) is 2.52. The predicted molar refractivity (Wildman–Crippen MR) is 66.1 cm³/mol. The van der Waals surface area contributed by atoms with Crippen molar-refractivity contribution in [1.29, 1.82) is 0 Å². The third kappa shape index (κ3) is 3.74. The first-order chi connectivity index (χ1) is 7.67. The van der Waals surface area contributed by atoms with Crippen molar-refractivity contribution in [2.45, 2.75) is 26.2 Å². The number of carbonyl (C=O) groups excluding carboxylic acids is 1. The molecule has 0 spiro atoms. The number of hydrogen-bond acceptors (Lipinski definition) is 2. The van der Waals surface area contributed by atoms with E-state index in [4.69, 9.17) is 11.6 Å². The summed E-state index contributed by atoms with van der Waals surface area (Å²) in [5.74, 6) is -0.359. The van der Waals surface area contributed by atoms with E-state index in [9.17, 15) is 9.90 Å². The quantitative estimate of drug-likeness (QED) is 0.615. The smallest absolute Gasteiger partial charge is 0.239 e. The molecule has 4 heteroatoms. The van der Waals surface area contributed by atoms with Crippen LogP contribution in [0.3, 0.4) is 0 Å². The molecule has 3 nitrogen and oxygen atoms in total. The fourth-order valence-electron chi connectivity index (χ4n) is 1.40. The van der Waals surface area contributed by atoms with Crippen LogP contribution < -0.4 is 5.32 Å². The zero-order chi connectivity index (χ0) is 12.0. The van der Waals surface area contributed by atoms with E-state index in [1.165, 1.54) is 0 Å². The number of rotatable bonds is 5. The zero-order valence-corrected chi connectivity index (χ0v) is 10.0. The summed E-state index contributed by atoms with van der Waals surface area (Å²) in [4.78, 5) is 11.1. The minimum Gasteiger partial charge on any atom is -0.506 e. The molecule has 0 aliphatic carbocycles. The summed E-state index contributed by atoms with van der Waals surface area (Å²) < 4.78 is 0. The zero-order valence-electron chi connectivity index (χ0n) is 9.29. The molecule has 2 N–H and O–H groups in total. The largest absolute Gasteiger partial charge is 0.506 e. The Morgan fingerprint density at radius 2 is 2.25 bits per heavy atom. The summed E-state index contributed by atoms with van der Waals surface area (Å²) in [7, 11) is 0. The maximum atomic E-state index is 11.1. The van der Waals surface area contributed by atoms with E-state index in [0.717, 1.165) is 24.8 Å². The fourth-order valence-corrected chi connectivity index (χ4v) is 1.47. The second kappa shape index (κ2) is 6.38. The molecule has 0 aliphatic heterocycles. The van der Waals surface area contributed by atoms with Crippen molar-refractivity contribution >= 4 is 23.2 Å². The second-order valence-electron chi connectivity index (χ2n) is 3.64. The van der Waals surface area contributed by atoms with Gasteiger partial charge in [0.1, 0.15) is 11.6 Å². The Morgan fingerprint density at radius 1 is 1.50 bits per heavy atom. The molecule has 0 aliphatic rings. The molecule has 0 saturated heterocycles. The Bertz CT molecular complexity index is 366. The average Bonchev–Trinajstić information content (AvgIpc) is 2.30. The second-order valence-corrected chi connectivity index (χ2v) is 3.90. The number of phenols is 1. The summed E-state index contributed by atoms with van der Waals surface area (Å²) in [5, 5.41) is 12.1. The summed E-state index contributed by atoms with van der Waals surface area (Å²) in [6.45, 7) is 2.12. The lowest BCUT2D eigenvalue weighted by atomic mass is 10.1. The normalized spacial score (nSPS) is 10.1. The summed E-state index contributed by atoms with van der Waals surface area (Å²) >= 11 is 5.38. The van der Waals surface area contributed by atoms with Gasteiger partial charge in [-0.15, -0.1) is 11.6 Å². The van der Waals surface area contributed by atoms with Gasteiger partial charge in [-0.25, -0.2) is 0 Å². The molecular weight excluding hydrogens is 226 g/mol. The monoisotopic (exact) mass is 241 g/mol. The maximum absolute atomic E-state index is 11.1. The van der Waals surface area contributed by atoms with Gasteiger partial charge in [0.05, 0.1) is 5.69 Å². The minimum atomic E-state index is -0.315. The van der Waals surface area contributed by atoms with Crippen LogP contribution in [0.2, 0.25) is 0 Å². The molecule has 1 rings (SSSR count). The van der Waals surface area contributed by atoms with E-state index in [1.54, 1.807) is 12.1 Å². The highest BCUT2D eigenvalue weighted by Gasteiger charge is 2.06. The summed E-state index contributed by atoms with van der Waals surface area (Å²) in [6.07, 6.45) is 3.15. The number of unbranched alkanes of at least 4 members (excludes halogenated alkanes) is 1. The lowest BCUT2D eigenvalue weighted by Crippen LogP contribution is -2.12. The van der Waals surface area contributed by atoms with Crippen LogP contribution in [0.15, 0.2) is 18.2 Å². The molecule has 0 heterocycles. The van der Waals surface area contributed by atoms with Crippen molar-refractivity contribution in [2.75, 3.05) is 11.2 Å². The maximum Gasteiger partial charge on any atom is 0.239 e. The highest BCUT2D eigenvalue weighted by atomic mass is 35.5. The standard InChI is InChI=1S/C12H16ClNO2/c1-2-3-4-9-5-6-11(15)10(7-9)14-12(16)8-13/h5-7,15H,2-4,8H2,1H3,(H,14,16). The van der Waals surface area contributed by atoms with Crippen LogP contribution in [0.5, 0.6) is 5.75 Å². The van der Waals surface area contributed by atoms with Crippen LogP contribution >= 0.6 is 11.6 Å². The fraction of sp³-hybridized carbons (Fsp3) is 0.417. The molecule has 0 unspecified atom stereocenters. The number of carbonyl (C=O) groups is 1. The van der Waals surface area contributed by atoms with Gasteiger partial charge < -0.3 is 10.4 Å². The van der Waals surface area contributed by atoms with Crippen molar-refractivity contribution in [1.82, 2.24) is 0 Å². The first-order valence-electron chi connectivity index (χ1n) is 5.35. The molecule has 0 saturated carbocycles. The molecule has 0 aromatic heterocycles. The van der Waals surface area contributed by atoms with Crippen LogP contribution in [-0.2, 0) is 11.2 Å². The number of benzene rings is 1. The molecule has 0 radical (unpaired) electrons. The molecule has 1 aromatic carbocycles. The molecule has 16 heavy (non-hydrogen) atoms.